The summed E-state index contributed by atoms with van der Waals surface area (Å²) in [5.74, 6) is 1.01. The van der Waals surface area contributed by atoms with Crippen LogP contribution in [-0.4, -0.2) is 26.9 Å². The van der Waals surface area contributed by atoms with Crippen LogP contribution in [0.25, 0.3) is 0 Å². The molecule has 94 valence electrons. The molecule has 1 aromatic rings. The maximum Gasteiger partial charge on any atom is 0.122 e. The molecule has 0 amide bonds. The largest absolute Gasteiger partial charge is 0.494 e. The Morgan fingerprint density at radius 3 is 3.00 bits per heavy atom. The van der Waals surface area contributed by atoms with Gasteiger partial charge in [-0.3, -0.25) is 0 Å². The molecule has 0 aromatic heterocycles. The van der Waals surface area contributed by atoms with E-state index in [0.29, 0.717) is 6.61 Å². The van der Waals surface area contributed by atoms with Crippen LogP contribution in [0.2, 0.25) is 0 Å². The van der Waals surface area contributed by atoms with Crippen LogP contribution in [0.15, 0.2) is 12.1 Å². The van der Waals surface area contributed by atoms with Crippen molar-refractivity contribution in [3.05, 3.63) is 28.8 Å². The summed E-state index contributed by atoms with van der Waals surface area (Å²) in [4.78, 5) is 0. The molecule has 1 N–H and O–H groups in total. The van der Waals surface area contributed by atoms with Crippen molar-refractivity contribution in [2.45, 2.75) is 26.3 Å². The van der Waals surface area contributed by atoms with Crippen LogP contribution < -0.4 is 10.1 Å². The topological polar surface area (TPSA) is 30.5 Å². The van der Waals surface area contributed by atoms with E-state index >= 15 is 0 Å². The maximum absolute atomic E-state index is 5.72. The molecule has 0 aliphatic carbocycles. The van der Waals surface area contributed by atoms with Crippen LogP contribution in [0.1, 0.15) is 29.7 Å². The van der Waals surface area contributed by atoms with Gasteiger partial charge in [0.05, 0.1) is 25.9 Å². The van der Waals surface area contributed by atoms with E-state index < -0.39 is 0 Å². The van der Waals surface area contributed by atoms with Crippen molar-refractivity contribution >= 4 is 0 Å². The minimum atomic E-state index is 0.271. The van der Waals surface area contributed by atoms with Crippen molar-refractivity contribution in [2.75, 3.05) is 26.9 Å². The fraction of sp³-hybridized carbons (Fsp3) is 0.571. The average Bonchev–Trinajstić information content (AvgIpc) is 2.55. The molecular weight excluding hydrogens is 214 g/mol. The zero-order valence-electron chi connectivity index (χ0n) is 10.9. The Bertz CT molecular complexity index is 390. The summed E-state index contributed by atoms with van der Waals surface area (Å²) in [6.45, 7) is 6.40. The lowest BCUT2D eigenvalue weighted by atomic mass is 9.94. The van der Waals surface area contributed by atoms with Crippen LogP contribution in [-0.2, 0) is 11.2 Å². The van der Waals surface area contributed by atoms with Crippen LogP contribution in [0, 0.1) is 6.92 Å². The highest BCUT2D eigenvalue weighted by Gasteiger charge is 2.22. The molecule has 0 saturated heterocycles. The molecule has 1 aromatic carbocycles. The first-order valence-corrected chi connectivity index (χ1v) is 6.28. The Balaban J connectivity index is 2.48. The Kier molecular flexibility index (Phi) is 4.02. The molecule has 0 radical (unpaired) electrons. The van der Waals surface area contributed by atoms with E-state index in [1.54, 1.807) is 0 Å². The van der Waals surface area contributed by atoms with E-state index in [1.165, 1.54) is 16.7 Å². The molecule has 3 heteroatoms. The lowest BCUT2D eigenvalue weighted by molar-refractivity contribution is 0.123. The molecule has 0 spiro atoms. The van der Waals surface area contributed by atoms with Crippen LogP contribution in [0.5, 0.6) is 5.75 Å². The third-order valence-electron chi connectivity index (χ3n) is 3.31. The molecule has 0 bridgehead atoms. The van der Waals surface area contributed by atoms with Crippen LogP contribution in [0.3, 0.4) is 0 Å². The molecule has 1 unspecified atom stereocenters. The highest BCUT2D eigenvalue weighted by molar-refractivity contribution is 5.47. The van der Waals surface area contributed by atoms with Gasteiger partial charge in [0.2, 0.25) is 0 Å². The number of hydrogen-bond acceptors (Lipinski definition) is 3. The van der Waals surface area contributed by atoms with Crippen molar-refractivity contribution in [2.24, 2.45) is 0 Å². The summed E-state index contributed by atoms with van der Waals surface area (Å²) < 4.78 is 11.4. The average molecular weight is 235 g/mol. The predicted molar refractivity (Wildman–Crippen MR) is 68.7 cm³/mol. The normalized spacial score (nSPS) is 19.6. The number of benzene rings is 1. The van der Waals surface area contributed by atoms with Gasteiger partial charge in [-0.05, 0) is 44.5 Å². The second kappa shape index (κ2) is 5.52. The first kappa shape index (κ1) is 12.4. The summed E-state index contributed by atoms with van der Waals surface area (Å²) in [6, 6.07) is 4.49. The monoisotopic (exact) mass is 235 g/mol. The van der Waals surface area contributed by atoms with Gasteiger partial charge < -0.3 is 14.8 Å². The number of aryl methyl sites for hydroxylation is 1. The van der Waals surface area contributed by atoms with Gasteiger partial charge in [-0.1, -0.05) is 6.07 Å². The summed E-state index contributed by atoms with van der Waals surface area (Å²) in [6.07, 6.45) is 0.935. The van der Waals surface area contributed by atoms with Gasteiger partial charge in [0, 0.05) is 5.56 Å². The van der Waals surface area contributed by atoms with Crippen LogP contribution >= 0.6 is 0 Å². The number of fused-ring (bicyclic) bond motifs is 1. The molecule has 2 rings (SSSR count). The fourth-order valence-electron chi connectivity index (χ4n) is 2.48. The van der Waals surface area contributed by atoms with Crippen molar-refractivity contribution in [1.29, 1.82) is 0 Å². The zero-order chi connectivity index (χ0) is 12.3. The predicted octanol–water partition coefficient (Wildman–Crippen LogP) is 2.23. The second-order valence-corrected chi connectivity index (χ2v) is 4.37. The maximum atomic E-state index is 5.72. The number of ether oxygens (including phenoxy) is 2. The van der Waals surface area contributed by atoms with Crippen molar-refractivity contribution < 1.29 is 9.47 Å². The van der Waals surface area contributed by atoms with Crippen molar-refractivity contribution in [3.63, 3.8) is 0 Å². The molecule has 1 aliphatic rings. The summed E-state index contributed by atoms with van der Waals surface area (Å²) >= 11 is 0. The van der Waals surface area contributed by atoms with Gasteiger partial charge in [0.25, 0.3) is 0 Å². The molecule has 1 atom stereocenters. The minimum Gasteiger partial charge on any atom is -0.494 e. The third-order valence-corrected chi connectivity index (χ3v) is 3.31. The Hall–Kier alpha value is -1.06. The van der Waals surface area contributed by atoms with Crippen molar-refractivity contribution in [1.82, 2.24) is 5.32 Å². The standard InChI is InChI=1S/C14H21NO2/c1-4-17-13-6-5-10(2)14-11(13)7-8-16-9-12(14)15-3/h5-6,12,15H,4,7-9H2,1-3H3. The summed E-state index contributed by atoms with van der Waals surface area (Å²) in [5.41, 5.74) is 3.98. The van der Waals surface area contributed by atoms with Crippen molar-refractivity contribution in [3.8, 4) is 5.75 Å². The first-order valence-electron chi connectivity index (χ1n) is 6.28. The van der Waals surface area contributed by atoms with Gasteiger partial charge in [-0.2, -0.15) is 0 Å². The van der Waals surface area contributed by atoms with Gasteiger partial charge in [0.1, 0.15) is 5.75 Å². The van der Waals surface area contributed by atoms with E-state index in [9.17, 15) is 0 Å². The Labute approximate surface area is 103 Å². The number of rotatable bonds is 3. The van der Waals surface area contributed by atoms with Gasteiger partial charge in [-0.25, -0.2) is 0 Å². The lowest BCUT2D eigenvalue weighted by Crippen LogP contribution is -2.22. The van der Waals surface area contributed by atoms with Gasteiger partial charge in [0.15, 0.2) is 0 Å². The highest BCUT2D eigenvalue weighted by Crippen LogP contribution is 2.32. The van der Waals surface area contributed by atoms with Gasteiger partial charge in [-0.15, -0.1) is 0 Å². The smallest absolute Gasteiger partial charge is 0.122 e. The van der Waals surface area contributed by atoms with E-state index in [2.05, 4.69) is 24.4 Å². The second-order valence-electron chi connectivity index (χ2n) is 4.37. The van der Waals surface area contributed by atoms with E-state index in [1.807, 2.05) is 14.0 Å². The molecule has 0 saturated carbocycles. The molecular formula is C14H21NO2. The van der Waals surface area contributed by atoms with Gasteiger partial charge >= 0.3 is 0 Å². The first-order chi connectivity index (χ1) is 8.27. The minimum absolute atomic E-state index is 0.271. The van der Waals surface area contributed by atoms with E-state index in [0.717, 1.165) is 25.4 Å². The molecule has 1 heterocycles. The Morgan fingerprint density at radius 2 is 2.29 bits per heavy atom. The fourth-order valence-corrected chi connectivity index (χ4v) is 2.48. The van der Waals surface area contributed by atoms with E-state index in [4.69, 9.17) is 9.47 Å². The van der Waals surface area contributed by atoms with E-state index in [-0.39, 0.29) is 6.04 Å². The zero-order valence-corrected chi connectivity index (χ0v) is 10.9. The molecule has 3 nitrogen and oxygen atoms in total. The summed E-state index contributed by atoms with van der Waals surface area (Å²) in [5, 5.41) is 3.33. The number of nitrogens with one attached hydrogen (secondary N) is 1. The van der Waals surface area contributed by atoms with Crippen LogP contribution in [0.4, 0.5) is 0 Å². The summed E-state index contributed by atoms with van der Waals surface area (Å²) in [7, 11) is 1.98. The lowest BCUT2D eigenvalue weighted by Gasteiger charge is -2.20. The SMILES string of the molecule is CCOc1ccc(C)c2c1CCOCC2NC. The molecule has 0 fully saturated rings. The third kappa shape index (κ3) is 2.45. The quantitative estimate of drug-likeness (QED) is 0.871. The Morgan fingerprint density at radius 1 is 1.47 bits per heavy atom. The highest BCUT2D eigenvalue weighted by atomic mass is 16.5. The number of hydrogen-bond donors (Lipinski definition) is 1. The number of likely N-dealkylation sites (N-methyl/N-ethyl adjacent to an activating group) is 1. The molecule has 1 aliphatic heterocycles. The molecule has 17 heavy (non-hydrogen) atoms.